The fourth-order valence-corrected chi connectivity index (χ4v) is 3.10. The van der Waals surface area contributed by atoms with Crippen molar-refractivity contribution in [3.63, 3.8) is 0 Å². The van der Waals surface area contributed by atoms with E-state index in [1.807, 2.05) is 18.2 Å². The third kappa shape index (κ3) is 2.83. The van der Waals surface area contributed by atoms with Crippen LogP contribution in [0, 0.1) is 11.8 Å². The van der Waals surface area contributed by atoms with Gasteiger partial charge in [0.1, 0.15) is 0 Å². The summed E-state index contributed by atoms with van der Waals surface area (Å²) >= 11 is 12.3. The molecule has 0 amide bonds. The van der Waals surface area contributed by atoms with E-state index in [4.69, 9.17) is 28.9 Å². The SMILES string of the molecule is CC1CN(C(CN)c2cc(Cl)ccc2Cl)CC1C. The molecule has 0 spiro atoms. The first-order valence-corrected chi connectivity index (χ1v) is 7.17. The number of benzene rings is 1. The van der Waals surface area contributed by atoms with Crippen molar-refractivity contribution < 1.29 is 0 Å². The highest BCUT2D eigenvalue weighted by atomic mass is 35.5. The Hall–Kier alpha value is -0.280. The molecule has 0 aliphatic carbocycles. The molecule has 2 rings (SSSR count). The van der Waals surface area contributed by atoms with Crippen molar-refractivity contribution in [2.24, 2.45) is 17.6 Å². The molecule has 2 nitrogen and oxygen atoms in total. The highest BCUT2D eigenvalue weighted by Gasteiger charge is 2.31. The molecule has 1 aliphatic heterocycles. The van der Waals surface area contributed by atoms with Gasteiger partial charge in [-0.1, -0.05) is 37.0 Å². The van der Waals surface area contributed by atoms with Crippen LogP contribution in [-0.4, -0.2) is 24.5 Å². The van der Waals surface area contributed by atoms with E-state index in [1.165, 1.54) is 0 Å². The molecule has 1 aromatic rings. The lowest BCUT2D eigenvalue weighted by Gasteiger charge is -2.28. The van der Waals surface area contributed by atoms with Crippen LogP contribution in [0.5, 0.6) is 0 Å². The van der Waals surface area contributed by atoms with Gasteiger partial charge in [-0.2, -0.15) is 0 Å². The molecule has 1 aliphatic rings. The van der Waals surface area contributed by atoms with E-state index >= 15 is 0 Å². The molecule has 0 bridgehead atoms. The molecule has 1 saturated heterocycles. The van der Waals surface area contributed by atoms with Crippen molar-refractivity contribution in [2.75, 3.05) is 19.6 Å². The first-order valence-electron chi connectivity index (χ1n) is 6.42. The number of likely N-dealkylation sites (tertiary alicyclic amines) is 1. The average Bonchev–Trinajstić information content (AvgIpc) is 2.65. The van der Waals surface area contributed by atoms with Gasteiger partial charge in [-0.25, -0.2) is 0 Å². The molecular weight excluding hydrogens is 267 g/mol. The molecule has 0 aromatic heterocycles. The molecule has 0 radical (unpaired) electrons. The highest BCUT2D eigenvalue weighted by molar-refractivity contribution is 6.33. The molecule has 1 heterocycles. The lowest BCUT2D eigenvalue weighted by Crippen LogP contribution is -2.32. The Morgan fingerprint density at radius 1 is 1.28 bits per heavy atom. The Morgan fingerprint density at radius 2 is 1.89 bits per heavy atom. The Kier molecular flexibility index (Phi) is 4.54. The molecular formula is C14H20Cl2N2. The minimum absolute atomic E-state index is 0.170. The van der Waals surface area contributed by atoms with Crippen molar-refractivity contribution in [2.45, 2.75) is 19.9 Å². The molecule has 100 valence electrons. The zero-order valence-electron chi connectivity index (χ0n) is 10.9. The zero-order valence-corrected chi connectivity index (χ0v) is 12.4. The zero-order chi connectivity index (χ0) is 13.3. The Balaban J connectivity index is 2.26. The van der Waals surface area contributed by atoms with Gasteiger partial charge in [-0.15, -0.1) is 0 Å². The normalized spacial score (nSPS) is 26.5. The van der Waals surface area contributed by atoms with E-state index in [2.05, 4.69) is 18.7 Å². The average molecular weight is 287 g/mol. The molecule has 2 N–H and O–H groups in total. The molecule has 18 heavy (non-hydrogen) atoms. The topological polar surface area (TPSA) is 29.3 Å². The minimum atomic E-state index is 0.170. The maximum Gasteiger partial charge on any atom is 0.0485 e. The summed E-state index contributed by atoms with van der Waals surface area (Å²) in [4.78, 5) is 2.42. The van der Waals surface area contributed by atoms with Gasteiger partial charge in [-0.3, -0.25) is 4.90 Å². The molecule has 4 heteroatoms. The number of nitrogens with two attached hydrogens (primary N) is 1. The summed E-state index contributed by atoms with van der Waals surface area (Å²) in [5, 5.41) is 1.47. The van der Waals surface area contributed by atoms with Crippen LogP contribution in [0.1, 0.15) is 25.5 Å². The van der Waals surface area contributed by atoms with Gasteiger partial charge in [0.25, 0.3) is 0 Å². The molecule has 1 aromatic carbocycles. The van der Waals surface area contributed by atoms with E-state index in [0.29, 0.717) is 23.4 Å². The Morgan fingerprint density at radius 3 is 2.44 bits per heavy atom. The third-order valence-corrected chi connectivity index (χ3v) is 4.58. The fourth-order valence-electron chi connectivity index (χ4n) is 2.67. The summed E-state index contributed by atoms with van der Waals surface area (Å²) in [6.45, 7) is 7.30. The summed E-state index contributed by atoms with van der Waals surface area (Å²) in [7, 11) is 0. The second kappa shape index (κ2) is 5.79. The van der Waals surface area contributed by atoms with Gasteiger partial charge < -0.3 is 5.73 Å². The Labute approximate surface area is 119 Å². The van der Waals surface area contributed by atoms with Crippen LogP contribution in [0.2, 0.25) is 10.0 Å². The number of nitrogens with zero attached hydrogens (tertiary/aromatic N) is 1. The number of halogens is 2. The summed E-state index contributed by atoms with van der Waals surface area (Å²) in [6, 6.07) is 5.78. The molecule has 3 unspecified atom stereocenters. The summed E-state index contributed by atoms with van der Waals surface area (Å²) in [5.41, 5.74) is 7.00. The lowest BCUT2D eigenvalue weighted by molar-refractivity contribution is 0.240. The van der Waals surface area contributed by atoms with Crippen molar-refractivity contribution >= 4 is 23.2 Å². The first-order chi connectivity index (χ1) is 8.52. The van der Waals surface area contributed by atoms with Gasteiger partial charge in [-0.05, 0) is 35.6 Å². The molecule has 0 saturated carbocycles. The monoisotopic (exact) mass is 286 g/mol. The third-order valence-electron chi connectivity index (χ3n) is 4.00. The van der Waals surface area contributed by atoms with Crippen molar-refractivity contribution in [1.82, 2.24) is 4.90 Å². The predicted octanol–water partition coefficient (Wildman–Crippen LogP) is 3.58. The fraction of sp³-hybridized carbons (Fsp3) is 0.571. The van der Waals surface area contributed by atoms with Crippen molar-refractivity contribution in [3.05, 3.63) is 33.8 Å². The van der Waals surface area contributed by atoms with E-state index in [1.54, 1.807) is 0 Å². The van der Waals surface area contributed by atoms with Crippen LogP contribution in [-0.2, 0) is 0 Å². The van der Waals surface area contributed by atoms with Crippen LogP contribution in [0.4, 0.5) is 0 Å². The Bertz CT molecular complexity index is 412. The van der Waals surface area contributed by atoms with Gasteiger partial charge in [0, 0.05) is 35.7 Å². The summed E-state index contributed by atoms with van der Waals surface area (Å²) in [5.74, 6) is 1.41. The standard InChI is InChI=1S/C14H20Cl2N2/c1-9-7-18(8-10(9)2)14(6-17)12-5-11(15)3-4-13(12)16/h3-5,9-10,14H,6-8,17H2,1-2H3. The smallest absolute Gasteiger partial charge is 0.0485 e. The largest absolute Gasteiger partial charge is 0.329 e. The lowest BCUT2D eigenvalue weighted by atomic mass is 10.0. The summed E-state index contributed by atoms with van der Waals surface area (Å²) < 4.78 is 0. The number of rotatable bonds is 3. The van der Waals surface area contributed by atoms with Crippen LogP contribution < -0.4 is 5.73 Å². The predicted molar refractivity (Wildman–Crippen MR) is 78.2 cm³/mol. The highest BCUT2D eigenvalue weighted by Crippen LogP contribution is 2.34. The van der Waals surface area contributed by atoms with Gasteiger partial charge in [0.05, 0.1) is 0 Å². The quantitative estimate of drug-likeness (QED) is 0.920. The van der Waals surface area contributed by atoms with E-state index in [-0.39, 0.29) is 6.04 Å². The first kappa shape index (κ1) is 14.1. The van der Waals surface area contributed by atoms with Crippen LogP contribution >= 0.6 is 23.2 Å². The van der Waals surface area contributed by atoms with E-state index < -0.39 is 0 Å². The maximum atomic E-state index is 6.28. The van der Waals surface area contributed by atoms with E-state index in [0.717, 1.165) is 23.7 Å². The number of hydrogen-bond donors (Lipinski definition) is 1. The van der Waals surface area contributed by atoms with Crippen LogP contribution in [0.25, 0.3) is 0 Å². The second-order valence-electron chi connectivity index (χ2n) is 5.33. The van der Waals surface area contributed by atoms with Gasteiger partial charge >= 0.3 is 0 Å². The van der Waals surface area contributed by atoms with Crippen molar-refractivity contribution in [1.29, 1.82) is 0 Å². The van der Waals surface area contributed by atoms with Gasteiger partial charge in [0.2, 0.25) is 0 Å². The summed E-state index contributed by atoms with van der Waals surface area (Å²) in [6.07, 6.45) is 0. The second-order valence-corrected chi connectivity index (χ2v) is 6.17. The molecule has 3 atom stereocenters. The van der Waals surface area contributed by atoms with E-state index in [9.17, 15) is 0 Å². The molecule has 1 fully saturated rings. The minimum Gasteiger partial charge on any atom is -0.329 e. The maximum absolute atomic E-state index is 6.28. The van der Waals surface area contributed by atoms with Crippen LogP contribution in [0.3, 0.4) is 0 Å². The van der Waals surface area contributed by atoms with Gasteiger partial charge in [0.15, 0.2) is 0 Å². The number of hydrogen-bond acceptors (Lipinski definition) is 2. The van der Waals surface area contributed by atoms with Crippen molar-refractivity contribution in [3.8, 4) is 0 Å². The van der Waals surface area contributed by atoms with Crippen LogP contribution in [0.15, 0.2) is 18.2 Å².